The lowest BCUT2D eigenvalue weighted by atomic mass is 10.7. The van der Waals surface area contributed by atoms with Crippen molar-refractivity contribution in [2.45, 2.75) is 40.0 Å². The molecule has 0 aliphatic carbocycles. The van der Waals surface area contributed by atoms with E-state index in [2.05, 4.69) is 0 Å². The van der Waals surface area contributed by atoms with E-state index >= 15 is 0 Å². The van der Waals surface area contributed by atoms with Crippen LogP contribution in [0.1, 0.15) is 27.7 Å². The SMILES string of the molecule is CCO[Si](CC)(OCC)OC(C)OCCO. The predicted molar refractivity (Wildman–Crippen MR) is 63.1 cm³/mol. The molecule has 0 aromatic heterocycles. The second-order valence-corrected chi connectivity index (χ2v) is 6.07. The molecule has 6 heteroatoms. The van der Waals surface area contributed by atoms with E-state index in [1.54, 1.807) is 6.92 Å². The van der Waals surface area contributed by atoms with Gasteiger partial charge in [0.15, 0.2) is 0 Å². The van der Waals surface area contributed by atoms with Crippen molar-refractivity contribution in [3.8, 4) is 0 Å². The van der Waals surface area contributed by atoms with E-state index in [0.717, 1.165) is 0 Å². The van der Waals surface area contributed by atoms with Gasteiger partial charge >= 0.3 is 8.80 Å². The molecule has 0 amide bonds. The van der Waals surface area contributed by atoms with Crippen LogP contribution in [0.2, 0.25) is 6.04 Å². The Morgan fingerprint density at radius 1 is 1.12 bits per heavy atom. The average Bonchev–Trinajstić information content (AvgIpc) is 2.27. The number of rotatable bonds is 10. The Hall–Kier alpha value is 0.0169. The minimum Gasteiger partial charge on any atom is -0.394 e. The van der Waals surface area contributed by atoms with Gasteiger partial charge in [0.2, 0.25) is 0 Å². The van der Waals surface area contributed by atoms with E-state index in [-0.39, 0.29) is 13.2 Å². The third kappa shape index (κ3) is 5.93. The van der Waals surface area contributed by atoms with E-state index in [1.807, 2.05) is 20.8 Å². The highest BCUT2D eigenvalue weighted by molar-refractivity contribution is 6.60. The van der Waals surface area contributed by atoms with Gasteiger partial charge in [-0.1, -0.05) is 6.92 Å². The Bertz CT molecular complexity index is 161. The van der Waals surface area contributed by atoms with Gasteiger partial charge in [-0.3, -0.25) is 0 Å². The van der Waals surface area contributed by atoms with Crippen molar-refractivity contribution in [1.29, 1.82) is 0 Å². The Morgan fingerprint density at radius 3 is 2.06 bits per heavy atom. The van der Waals surface area contributed by atoms with Crippen LogP contribution in [0.25, 0.3) is 0 Å². The topological polar surface area (TPSA) is 57.2 Å². The molecule has 0 aromatic carbocycles. The largest absolute Gasteiger partial charge is 0.502 e. The summed E-state index contributed by atoms with van der Waals surface area (Å²) in [6.07, 6.45) is -0.420. The summed E-state index contributed by atoms with van der Waals surface area (Å²) < 4.78 is 22.2. The van der Waals surface area contributed by atoms with Gasteiger partial charge in [-0.05, 0) is 20.8 Å². The lowest BCUT2D eigenvalue weighted by Crippen LogP contribution is -2.48. The zero-order chi connectivity index (χ0) is 12.4. The first-order chi connectivity index (χ1) is 7.64. The van der Waals surface area contributed by atoms with Crippen LogP contribution in [0.15, 0.2) is 0 Å². The number of aliphatic hydroxyl groups excluding tert-OH is 1. The van der Waals surface area contributed by atoms with Gasteiger partial charge in [0.05, 0.1) is 13.2 Å². The smallest absolute Gasteiger partial charge is 0.394 e. The lowest BCUT2D eigenvalue weighted by Gasteiger charge is -2.30. The molecule has 1 unspecified atom stereocenters. The minimum absolute atomic E-state index is 0.0162. The van der Waals surface area contributed by atoms with Crippen LogP contribution in [-0.2, 0) is 18.0 Å². The summed E-state index contributed by atoms with van der Waals surface area (Å²) in [4.78, 5) is 0. The van der Waals surface area contributed by atoms with E-state index in [4.69, 9.17) is 23.1 Å². The molecular formula is C10H24O5Si. The van der Waals surface area contributed by atoms with Gasteiger partial charge in [-0.15, -0.1) is 0 Å². The Kier molecular flexibility index (Phi) is 9.10. The van der Waals surface area contributed by atoms with E-state index in [0.29, 0.717) is 19.3 Å². The van der Waals surface area contributed by atoms with Crippen LogP contribution < -0.4 is 0 Å². The van der Waals surface area contributed by atoms with Crippen LogP contribution >= 0.6 is 0 Å². The maximum absolute atomic E-state index is 8.65. The van der Waals surface area contributed by atoms with Gasteiger partial charge in [0.25, 0.3) is 0 Å². The normalized spacial score (nSPS) is 14.1. The molecule has 1 atom stereocenters. The fourth-order valence-electron chi connectivity index (χ4n) is 1.34. The quantitative estimate of drug-likeness (QED) is 0.470. The van der Waals surface area contributed by atoms with Gasteiger partial charge in [0.1, 0.15) is 6.29 Å². The Balaban J connectivity index is 4.26. The van der Waals surface area contributed by atoms with Crippen LogP contribution in [0.5, 0.6) is 0 Å². The highest BCUT2D eigenvalue weighted by atomic mass is 28.4. The molecule has 0 rings (SSSR count). The van der Waals surface area contributed by atoms with Crippen molar-refractivity contribution in [3.05, 3.63) is 0 Å². The standard InChI is InChI=1S/C10H24O5Si/c1-5-13-16(7-3,14-6-2)15-10(4)12-9-8-11/h10-11H,5-9H2,1-4H3. The number of aliphatic hydroxyl groups is 1. The fourth-order valence-corrected chi connectivity index (χ4v) is 3.59. The maximum atomic E-state index is 8.65. The molecule has 0 spiro atoms. The molecule has 0 bridgehead atoms. The lowest BCUT2D eigenvalue weighted by molar-refractivity contribution is -0.114. The first-order valence-corrected chi connectivity index (χ1v) is 7.75. The summed E-state index contributed by atoms with van der Waals surface area (Å²) in [6.45, 7) is 8.96. The predicted octanol–water partition coefficient (Wildman–Crippen LogP) is 1.39. The summed E-state index contributed by atoms with van der Waals surface area (Å²) in [7, 11) is -2.59. The van der Waals surface area contributed by atoms with Gasteiger partial charge in [-0.2, -0.15) is 0 Å². The number of ether oxygens (including phenoxy) is 1. The third-order valence-electron chi connectivity index (χ3n) is 1.95. The maximum Gasteiger partial charge on any atom is 0.502 e. The minimum atomic E-state index is -2.59. The highest BCUT2D eigenvalue weighted by Crippen LogP contribution is 2.17. The molecule has 1 N–H and O–H groups in total. The van der Waals surface area contributed by atoms with E-state index < -0.39 is 15.1 Å². The van der Waals surface area contributed by atoms with Crippen molar-refractivity contribution in [3.63, 3.8) is 0 Å². The Morgan fingerprint density at radius 2 is 1.69 bits per heavy atom. The molecule has 0 radical (unpaired) electrons. The van der Waals surface area contributed by atoms with Crippen molar-refractivity contribution < 1.29 is 23.1 Å². The Labute approximate surface area is 99.0 Å². The monoisotopic (exact) mass is 252 g/mol. The van der Waals surface area contributed by atoms with Crippen LogP contribution in [-0.4, -0.2) is 46.6 Å². The molecule has 0 aliphatic rings. The van der Waals surface area contributed by atoms with Crippen LogP contribution in [0.4, 0.5) is 0 Å². The highest BCUT2D eigenvalue weighted by Gasteiger charge is 2.40. The zero-order valence-electron chi connectivity index (χ0n) is 10.7. The molecule has 0 heterocycles. The average molecular weight is 252 g/mol. The van der Waals surface area contributed by atoms with Crippen molar-refractivity contribution in [2.75, 3.05) is 26.4 Å². The molecule has 0 saturated heterocycles. The second kappa shape index (κ2) is 9.09. The van der Waals surface area contributed by atoms with E-state index in [1.165, 1.54) is 0 Å². The molecule has 0 fully saturated rings. The number of hydrogen-bond acceptors (Lipinski definition) is 5. The zero-order valence-corrected chi connectivity index (χ0v) is 11.7. The van der Waals surface area contributed by atoms with Gasteiger partial charge < -0.3 is 23.1 Å². The molecule has 5 nitrogen and oxygen atoms in total. The van der Waals surface area contributed by atoms with Crippen molar-refractivity contribution in [2.24, 2.45) is 0 Å². The van der Waals surface area contributed by atoms with E-state index in [9.17, 15) is 0 Å². The first-order valence-electron chi connectivity index (χ1n) is 5.82. The first kappa shape index (κ1) is 16.0. The fraction of sp³-hybridized carbons (Fsp3) is 1.00. The summed E-state index contributed by atoms with van der Waals surface area (Å²) in [6, 6.07) is 0.710. The molecule has 0 aromatic rings. The molecule has 0 saturated carbocycles. The summed E-state index contributed by atoms with van der Waals surface area (Å²) in [5.41, 5.74) is 0. The van der Waals surface area contributed by atoms with Gasteiger partial charge in [0, 0.05) is 19.3 Å². The number of hydrogen-bond donors (Lipinski definition) is 1. The summed E-state index contributed by atoms with van der Waals surface area (Å²) in [5.74, 6) is 0. The molecule has 98 valence electrons. The van der Waals surface area contributed by atoms with Crippen molar-refractivity contribution >= 4 is 8.80 Å². The molecule has 0 aliphatic heterocycles. The molecular weight excluding hydrogens is 228 g/mol. The van der Waals surface area contributed by atoms with Gasteiger partial charge in [-0.25, -0.2) is 0 Å². The van der Waals surface area contributed by atoms with Crippen LogP contribution in [0.3, 0.4) is 0 Å². The second-order valence-electron chi connectivity index (χ2n) is 3.18. The summed E-state index contributed by atoms with van der Waals surface area (Å²) in [5, 5.41) is 8.65. The molecule has 16 heavy (non-hydrogen) atoms. The van der Waals surface area contributed by atoms with Crippen molar-refractivity contribution in [1.82, 2.24) is 0 Å². The third-order valence-corrected chi connectivity index (χ3v) is 4.96. The van der Waals surface area contributed by atoms with Crippen LogP contribution in [0, 0.1) is 0 Å². The summed E-state index contributed by atoms with van der Waals surface area (Å²) >= 11 is 0.